The Morgan fingerprint density at radius 2 is 1.65 bits per heavy atom. The minimum atomic E-state index is -0.182. The molecular weight excluding hydrogens is 246 g/mol. The van der Waals surface area contributed by atoms with Crippen LogP contribution in [0.3, 0.4) is 0 Å². The van der Waals surface area contributed by atoms with E-state index in [4.69, 9.17) is 10.5 Å². The molecule has 1 unspecified atom stereocenters. The normalized spacial score (nSPS) is 28.4. The van der Waals surface area contributed by atoms with E-state index >= 15 is 0 Å². The average Bonchev–Trinajstić information content (AvgIpc) is 2.43. The first-order valence-corrected chi connectivity index (χ1v) is 7.78. The Hall–Kier alpha value is -0.860. The molecule has 0 aromatic heterocycles. The van der Waals surface area contributed by atoms with Gasteiger partial charge in [0.05, 0.1) is 11.6 Å². The fourth-order valence-electron chi connectivity index (χ4n) is 3.49. The van der Waals surface area contributed by atoms with E-state index in [1.165, 1.54) is 35.1 Å². The zero-order chi connectivity index (χ0) is 14.9. The summed E-state index contributed by atoms with van der Waals surface area (Å²) in [6.07, 6.45) is 4.56. The molecule has 2 rings (SSSR count). The largest absolute Gasteiger partial charge is 0.376 e. The van der Waals surface area contributed by atoms with Crippen LogP contribution in [0.1, 0.15) is 60.9 Å². The van der Waals surface area contributed by atoms with Gasteiger partial charge >= 0.3 is 0 Å². The Labute approximate surface area is 123 Å². The minimum absolute atomic E-state index is 0.0284. The van der Waals surface area contributed by atoms with Crippen molar-refractivity contribution < 1.29 is 4.74 Å². The van der Waals surface area contributed by atoms with E-state index in [-0.39, 0.29) is 11.6 Å². The lowest BCUT2D eigenvalue weighted by molar-refractivity contribution is -0.0673. The molecule has 0 bridgehead atoms. The Kier molecular flexibility index (Phi) is 4.55. The third-order valence-electron chi connectivity index (χ3n) is 5.31. The van der Waals surface area contributed by atoms with Gasteiger partial charge in [-0.15, -0.1) is 0 Å². The SMILES string of the molecule is COC1(C(N)c2cc(C)c(C)cc2C)CCC(C)CC1. The van der Waals surface area contributed by atoms with Gasteiger partial charge in [-0.1, -0.05) is 19.1 Å². The summed E-state index contributed by atoms with van der Waals surface area (Å²) in [6.45, 7) is 8.81. The van der Waals surface area contributed by atoms with Crippen LogP contribution in [0.25, 0.3) is 0 Å². The number of ether oxygens (including phenoxy) is 1. The lowest BCUT2D eigenvalue weighted by atomic mass is 9.73. The second kappa shape index (κ2) is 5.87. The Morgan fingerprint density at radius 3 is 2.20 bits per heavy atom. The fourth-order valence-corrected chi connectivity index (χ4v) is 3.49. The topological polar surface area (TPSA) is 35.2 Å². The van der Waals surface area contributed by atoms with Crippen molar-refractivity contribution >= 4 is 0 Å². The Balaban J connectivity index is 2.33. The molecule has 0 spiro atoms. The fraction of sp³-hybridized carbons (Fsp3) is 0.667. The quantitative estimate of drug-likeness (QED) is 0.897. The highest BCUT2D eigenvalue weighted by molar-refractivity contribution is 5.39. The van der Waals surface area contributed by atoms with Crippen LogP contribution in [0.5, 0.6) is 0 Å². The first-order chi connectivity index (χ1) is 9.39. The smallest absolute Gasteiger partial charge is 0.0870 e. The molecule has 1 aromatic carbocycles. The predicted molar refractivity (Wildman–Crippen MR) is 85.0 cm³/mol. The van der Waals surface area contributed by atoms with Crippen LogP contribution in [0.15, 0.2) is 12.1 Å². The van der Waals surface area contributed by atoms with Crippen molar-refractivity contribution in [1.82, 2.24) is 0 Å². The van der Waals surface area contributed by atoms with Crippen molar-refractivity contribution in [3.05, 3.63) is 34.4 Å². The van der Waals surface area contributed by atoms with Gasteiger partial charge in [-0.25, -0.2) is 0 Å². The van der Waals surface area contributed by atoms with Gasteiger partial charge in [0.2, 0.25) is 0 Å². The highest BCUT2D eigenvalue weighted by Crippen LogP contribution is 2.42. The summed E-state index contributed by atoms with van der Waals surface area (Å²) >= 11 is 0. The van der Waals surface area contributed by atoms with Gasteiger partial charge in [-0.05, 0) is 74.6 Å². The predicted octanol–water partition coefficient (Wildman–Crippen LogP) is 4.21. The summed E-state index contributed by atoms with van der Waals surface area (Å²) < 4.78 is 5.94. The molecule has 0 aliphatic heterocycles. The van der Waals surface area contributed by atoms with Gasteiger partial charge in [-0.3, -0.25) is 0 Å². The zero-order valence-electron chi connectivity index (χ0n) is 13.6. The third-order valence-corrected chi connectivity index (χ3v) is 5.31. The molecule has 0 heterocycles. The van der Waals surface area contributed by atoms with Crippen LogP contribution in [-0.2, 0) is 4.74 Å². The molecule has 2 heteroatoms. The van der Waals surface area contributed by atoms with Crippen LogP contribution < -0.4 is 5.73 Å². The van der Waals surface area contributed by atoms with Crippen molar-refractivity contribution in [2.24, 2.45) is 11.7 Å². The van der Waals surface area contributed by atoms with Gasteiger partial charge in [0.25, 0.3) is 0 Å². The summed E-state index contributed by atoms with van der Waals surface area (Å²) in [6, 6.07) is 4.48. The number of aryl methyl sites for hydroxylation is 3. The van der Waals surface area contributed by atoms with Gasteiger partial charge in [0.1, 0.15) is 0 Å². The zero-order valence-corrected chi connectivity index (χ0v) is 13.6. The number of hydrogen-bond acceptors (Lipinski definition) is 2. The highest BCUT2D eigenvalue weighted by Gasteiger charge is 2.40. The first-order valence-electron chi connectivity index (χ1n) is 7.78. The van der Waals surface area contributed by atoms with Crippen molar-refractivity contribution in [3.8, 4) is 0 Å². The number of benzene rings is 1. The second-order valence-corrected chi connectivity index (χ2v) is 6.72. The first kappa shape index (κ1) is 15.5. The molecule has 1 aromatic rings. The molecule has 1 aliphatic rings. The van der Waals surface area contributed by atoms with Gasteiger partial charge < -0.3 is 10.5 Å². The Bertz CT molecular complexity index is 473. The maximum Gasteiger partial charge on any atom is 0.0870 e. The monoisotopic (exact) mass is 275 g/mol. The number of nitrogens with two attached hydrogens (primary N) is 1. The van der Waals surface area contributed by atoms with Crippen LogP contribution in [0.2, 0.25) is 0 Å². The minimum Gasteiger partial charge on any atom is -0.376 e. The summed E-state index contributed by atoms with van der Waals surface area (Å²) in [4.78, 5) is 0. The molecule has 112 valence electrons. The maximum absolute atomic E-state index is 6.66. The molecule has 1 aliphatic carbocycles. The molecule has 0 saturated heterocycles. The van der Waals surface area contributed by atoms with E-state index in [1.54, 1.807) is 0 Å². The molecule has 2 N–H and O–H groups in total. The van der Waals surface area contributed by atoms with E-state index in [2.05, 4.69) is 39.8 Å². The van der Waals surface area contributed by atoms with E-state index in [1.807, 2.05) is 7.11 Å². The maximum atomic E-state index is 6.66. The van der Waals surface area contributed by atoms with Crippen molar-refractivity contribution in [1.29, 1.82) is 0 Å². The van der Waals surface area contributed by atoms with Crippen LogP contribution in [-0.4, -0.2) is 12.7 Å². The summed E-state index contributed by atoms with van der Waals surface area (Å²) in [7, 11) is 1.83. The van der Waals surface area contributed by atoms with E-state index in [0.717, 1.165) is 18.8 Å². The molecule has 2 nitrogen and oxygen atoms in total. The van der Waals surface area contributed by atoms with Crippen molar-refractivity contribution in [3.63, 3.8) is 0 Å². The molecule has 1 fully saturated rings. The Morgan fingerprint density at radius 1 is 1.10 bits per heavy atom. The standard InChI is InChI=1S/C18H29NO/c1-12-6-8-18(20-5,9-7-12)17(19)16-11-14(3)13(2)10-15(16)4/h10-12,17H,6-9,19H2,1-5H3. The summed E-state index contributed by atoms with van der Waals surface area (Å²) in [5, 5.41) is 0. The van der Waals surface area contributed by atoms with Crippen LogP contribution in [0.4, 0.5) is 0 Å². The van der Waals surface area contributed by atoms with Crippen LogP contribution >= 0.6 is 0 Å². The molecule has 20 heavy (non-hydrogen) atoms. The summed E-state index contributed by atoms with van der Waals surface area (Å²) in [5.74, 6) is 0.798. The number of hydrogen-bond donors (Lipinski definition) is 1. The number of rotatable bonds is 3. The average molecular weight is 275 g/mol. The molecular formula is C18H29NO. The summed E-state index contributed by atoms with van der Waals surface area (Å²) in [5.41, 5.74) is 11.7. The van der Waals surface area contributed by atoms with Crippen molar-refractivity contribution in [2.45, 2.75) is 65.0 Å². The van der Waals surface area contributed by atoms with Gasteiger partial charge in [0.15, 0.2) is 0 Å². The molecule has 1 atom stereocenters. The van der Waals surface area contributed by atoms with Gasteiger partial charge in [0, 0.05) is 7.11 Å². The van der Waals surface area contributed by atoms with Crippen molar-refractivity contribution in [2.75, 3.05) is 7.11 Å². The second-order valence-electron chi connectivity index (χ2n) is 6.72. The number of methoxy groups -OCH3 is 1. The van der Waals surface area contributed by atoms with Gasteiger partial charge in [-0.2, -0.15) is 0 Å². The molecule has 0 radical (unpaired) electrons. The third kappa shape index (κ3) is 2.77. The lowest BCUT2D eigenvalue weighted by Gasteiger charge is -2.43. The highest BCUT2D eigenvalue weighted by atomic mass is 16.5. The van der Waals surface area contributed by atoms with Crippen LogP contribution in [0, 0.1) is 26.7 Å². The molecule has 1 saturated carbocycles. The van der Waals surface area contributed by atoms with E-state index in [0.29, 0.717) is 0 Å². The molecule has 0 amide bonds. The lowest BCUT2D eigenvalue weighted by Crippen LogP contribution is -2.46. The van der Waals surface area contributed by atoms with E-state index < -0.39 is 0 Å². The van der Waals surface area contributed by atoms with E-state index in [9.17, 15) is 0 Å².